The molecule has 3 heteroatoms. The Morgan fingerprint density at radius 2 is 1.81 bits per heavy atom. The van der Waals surface area contributed by atoms with Crippen LogP contribution in [0.3, 0.4) is 0 Å². The summed E-state index contributed by atoms with van der Waals surface area (Å²) in [5.41, 5.74) is 1.98. The van der Waals surface area contributed by atoms with Crippen LogP contribution in [0.15, 0.2) is 48.5 Å². The fourth-order valence-corrected chi connectivity index (χ4v) is 1.61. The third-order valence-corrected chi connectivity index (χ3v) is 2.54. The summed E-state index contributed by atoms with van der Waals surface area (Å²) in [6.45, 7) is 0.629. The Bertz CT molecular complexity index is 471. The normalized spacial score (nSPS) is 10.1. The van der Waals surface area contributed by atoms with E-state index < -0.39 is 0 Å². The summed E-state index contributed by atoms with van der Waals surface area (Å²) in [5, 5.41) is 3.39. The fraction of sp³-hybridized carbons (Fsp3) is 0.0769. The monoisotopic (exact) mass is 235 g/mol. The van der Waals surface area contributed by atoms with Crippen molar-refractivity contribution in [1.29, 1.82) is 0 Å². The van der Waals surface area contributed by atoms with Gasteiger partial charge in [-0.2, -0.15) is 0 Å². The van der Waals surface area contributed by atoms with Crippen LogP contribution in [0.5, 0.6) is 0 Å². The molecule has 0 unspecified atom stereocenters. The Balaban J connectivity index is 2.03. The van der Waals surface area contributed by atoms with E-state index in [1.165, 1.54) is 6.07 Å². The molecule has 16 heavy (non-hydrogen) atoms. The third kappa shape index (κ3) is 2.74. The van der Waals surface area contributed by atoms with Gasteiger partial charge in [0.1, 0.15) is 5.82 Å². The van der Waals surface area contributed by atoms with Crippen LogP contribution in [0, 0.1) is 5.82 Å². The van der Waals surface area contributed by atoms with Crippen LogP contribution in [-0.4, -0.2) is 0 Å². The quantitative estimate of drug-likeness (QED) is 0.845. The second kappa shape index (κ2) is 4.99. The molecule has 2 aromatic carbocycles. The Hall–Kier alpha value is -1.54. The zero-order valence-electron chi connectivity index (χ0n) is 8.58. The Morgan fingerprint density at radius 1 is 1.06 bits per heavy atom. The smallest absolute Gasteiger partial charge is 0.141 e. The summed E-state index contributed by atoms with van der Waals surface area (Å²) >= 11 is 5.69. The van der Waals surface area contributed by atoms with E-state index in [0.29, 0.717) is 6.54 Å². The van der Waals surface area contributed by atoms with E-state index in [4.69, 9.17) is 11.6 Å². The minimum absolute atomic E-state index is 0.160. The topological polar surface area (TPSA) is 12.0 Å². The molecule has 0 aliphatic carbocycles. The van der Waals surface area contributed by atoms with Crippen LogP contribution in [0.2, 0.25) is 5.02 Å². The minimum Gasteiger partial charge on any atom is -0.381 e. The lowest BCUT2D eigenvalue weighted by atomic mass is 10.2. The van der Waals surface area contributed by atoms with E-state index in [0.717, 1.165) is 11.3 Å². The lowest BCUT2D eigenvalue weighted by molar-refractivity contribution is 0.627. The van der Waals surface area contributed by atoms with Crippen LogP contribution < -0.4 is 5.32 Å². The van der Waals surface area contributed by atoms with Crippen molar-refractivity contribution in [2.75, 3.05) is 5.32 Å². The van der Waals surface area contributed by atoms with Crippen LogP contribution in [0.1, 0.15) is 5.56 Å². The van der Waals surface area contributed by atoms with Gasteiger partial charge >= 0.3 is 0 Å². The van der Waals surface area contributed by atoms with Gasteiger partial charge in [0, 0.05) is 12.2 Å². The molecule has 0 atom stereocenters. The average molecular weight is 236 g/mol. The van der Waals surface area contributed by atoms with E-state index >= 15 is 0 Å². The van der Waals surface area contributed by atoms with Gasteiger partial charge in [0.15, 0.2) is 0 Å². The number of halogens is 2. The van der Waals surface area contributed by atoms with Gasteiger partial charge in [0.25, 0.3) is 0 Å². The highest BCUT2D eigenvalue weighted by Crippen LogP contribution is 2.17. The second-order valence-corrected chi connectivity index (χ2v) is 3.88. The molecule has 0 heterocycles. The number of para-hydroxylation sites is 1. The van der Waals surface area contributed by atoms with Crippen molar-refractivity contribution >= 4 is 17.3 Å². The lowest BCUT2D eigenvalue weighted by Gasteiger charge is -2.06. The Kier molecular flexibility index (Phi) is 3.42. The van der Waals surface area contributed by atoms with Crippen molar-refractivity contribution in [3.05, 3.63) is 64.9 Å². The van der Waals surface area contributed by atoms with E-state index in [2.05, 4.69) is 5.32 Å². The van der Waals surface area contributed by atoms with Crippen molar-refractivity contribution < 1.29 is 4.39 Å². The summed E-state index contributed by atoms with van der Waals surface area (Å²) < 4.78 is 12.9. The van der Waals surface area contributed by atoms with Crippen LogP contribution in [0.25, 0.3) is 0 Å². The standard InChI is InChI=1S/C13H11ClFN/c14-12-8-10(6-7-13(12)15)9-16-11-4-2-1-3-5-11/h1-8,16H,9H2. The van der Waals surface area contributed by atoms with Gasteiger partial charge in [0.2, 0.25) is 0 Å². The van der Waals surface area contributed by atoms with Gasteiger partial charge in [-0.1, -0.05) is 35.9 Å². The summed E-state index contributed by atoms with van der Waals surface area (Å²) in [6.07, 6.45) is 0. The number of nitrogens with one attached hydrogen (secondary N) is 1. The summed E-state index contributed by atoms with van der Waals surface area (Å²) in [5.74, 6) is -0.384. The van der Waals surface area contributed by atoms with Gasteiger partial charge < -0.3 is 5.32 Å². The van der Waals surface area contributed by atoms with Crippen molar-refractivity contribution in [3.63, 3.8) is 0 Å². The van der Waals surface area contributed by atoms with Gasteiger partial charge in [-0.3, -0.25) is 0 Å². The first-order chi connectivity index (χ1) is 7.75. The number of rotatable bonds is 3. The fourth-order valence-electron chi connectivity index (χ4n) is 1.41. The number of hydrogen-bond donors (Lipinski definition) is 1. The second-order valence-electron chi connectivity index (χ2n) is 3.47. The van der Waals surface area contributed by atoms with Gasteiger partial charge in [-0.05, 0) is 29.8 Å². The predicted molar refractivity (Wildman–Crippen MR) is 65.2 cm³/mol. The molecule has 0 spiro atoms. The first-order valence-electron chi connectivity index (χ1n) is 4.98. The Labute approximate surface area is 98.9 Å². The molecule has 0 saturated carbocycles. The van der Waals surface area contributed by atoms with E-state index in [1.807, 2.05) is 30.3 Å². The van der Waals surface area contributed by atoms with Crippen molar-refractivity contribution in [1.82, 2.24) is 0 Å². The van der Waals surface area contributed by atoms with Crippen molar-refractivity contribution in [2.45, 2.75) is 6.54 Å². The highest BCUT2D eigenvalue weighted by atomic mass is 35.5. The highest BCUT2D eigenvalue weighted by Gasteiger charge is 2.00. The zero-order valence-corrected chi connectivity index (χ0v) is 9.34. The van der Waals surface area contributed by atoms with E-state index in [9.17, 15) is 4.39 Å². The van der Waals surface area contributed by atoms with Gasteiger partial charge in [0.05, 0.1) is 5.02 Å². The molecule has 1 nitrogen and oxygen atoms in total. The van der Waals surface area contributed by atoms with Gasteiger partial charge in [-0.15, -0.1) is 0 Å². The maximum Gasteiger partial charge on any atom is 0.141 e. The zero-order chi connectivity index (χ0) is 11.4. The first kappa shape index (κ1) is 11.0. The summed E-state index contributed by atoms with van der Waals surface area (Å²) in [6, 6.07) is 14.6. The molecular formula is C13H11ClFN. The molecule has 0 aromatic heterocycles. The molecule has 0 amide bonds. The molecular weight excluding hydrogens is 225 g/mol. The number of anilines is 1. The van der Waals surface area contributed by atoms with Crippen LogP contribution >= 0.6 is 11.6 Å². The average Bonchev–Trinajstić information content (AvgIpc) is 2.32. The van der Waals surface area contributed by atoms with Crippen molar-refractivity contribution in [2.24, 2.45) is 0 Å². The van der Waals surface area contributed by atoms with Crippen molar-refractivity contribution in [3.8, 4) is 0 Å². The van der Waals surface area contributed by atoms with E-state index in [-0.39, 0.29) is 10.8 Å². The lowest BCUT2D eigenvalue weighted by Crippen LogP contribution is -1.99. The predicted octanol–water partition coefficient (Wildman–Crippen LogP) is 4.09. The molecule has 0 aliphatic heterocycles. The minimum atomic E-state index is -0.384. The maximum atomic E-state index is 12.9. The number of hydrogen-bond acceptors (Lipinski definition) is 1. The maximum absolute atomic E-state index is 12.9. The molecule has 0 saturated heterocycles. The first-order valence-corrected chi connectivity index (χ1v) is 5.36. The molecule has 2 aromatic rings. The molecule has 0 bridgehead atoms. The highest BCUT2D eigenvalue weighted by molar-refractivity contribution is 6.30. The van der Waals surface area contributed by atoms with E-state index in [1.54, 1.807) is 12.1 Å². The summed E-state index contributed by atoms with van der Waals surface area (Å²) in [7, 11) is 0. The Morgan fingerprint density at radius 3 is 2.50 bits per heavy atom. The van der Waals surface area contributed by atoms with Crippen LogP contribution in [-0.2, 0) is 6.54 Å². The molecule has 82 valence electrons. The van der Waals surface area contributed by atoms with Crippen LogP contribution in [0.4, 0.5) is 10.1 Å². The molecule has 1 N–H and O–H groups in total. The molecule has 0 fully saturated rings. The third-order valence-electron chi connectivity index (χ3n) is 2.25. The molecule has 0 radical (unpaired) electrons. The summed E-state index contributed by atoms with van der Waals surface area (Å²) in [4.78, 5) is 0. The largest absolute Gasteiger partial charge is 0.381 e. The number of benzene rings is 2. The molecule has 2 rings (SSSR count). The van der Waals surface area contributed by atoms with Gasteiger partial charge in [-0.25, -0.2) is 4.39 Å². The SMILES string of the molecule is Fc1ccc(CNc2ccccc2)cc1Cl. The molecule has 0 aliphatic rings.